The number of nitrogens with one attached hydrogen (secondary N) is 1. The van der Waals surface area contributed by atoms with Gasteiger partial charge in [0.1, 0.15) is 10.7 Å². The monoisotopic (exact) mass is 398 g/mol. The topological polar surface area (TPSA) is 92.3 Å². The van der Waals surface area contributed by atoms with Crippen molar-refractivity contribution in [1.82, 2.24) is 19.2 Å². The molecule has 2 aromatic rings. The maximum absolute atomic E-state index is 12.9. The molecule has 1 N–H and O–H groups in total. The van der Waals surface area contributed by atoms with Crippen molar-refractivity contribution < 1.29 is 17.6 Å². The first-order valence-corrected chi connectivity index (χ1v) is 10.5. The molecule has 0 bridgehead atoms. The fourth-order valence-corrected chi connectivity index (χ4v) is 4.58. The van der Waals surface area contributed by atoms with Gasteiger partial charge in [-0.2, -0.15) is 0 Å². The van der Waals surface area contributed by atoms with Gasteiger partial charge in [0.05, 0.1) is 10.6 Å². The zero-order valence-electron chi connectivity index (χ0n) is 14.2. The van der Waals surface area contributed by atoms with Crippen LogP contribution in [0.5, 0.6) is 0 Å². The highest BCUT2D eigenvalue weighted by Gasteiger charge is 2.27. The first-order valence-electron chi connectivity index (χ1n) is 8.20. The van der Waals surface area contributed by atoms with E-state index in [1.165, 1.54) is 12.1 Å². The van der Waals surface area contributed by atoms with Crippen molar-refractivity contribution >= 4 is 27.5 Å². The average molecular weight is 398 g/mol. The molecule has 1 aliphatic rings. The maximum Gasteiger partial charge on any atom is 0.267 e. The predicted octanol–water partition coefficient (Wildman–Crippen LogP) is 1.82. The Morgan fingerprint density at radius 3 is 2.54 bits per heavy atom. The SMILES string of the molecule is Cc1nnsc1C(=O)N1CCC(CNS(=O)(=O)c2ccc(F)cc2)CC1. The molecule has 1 saturated heterocycles. The van der Waals surface area contributed by atoms with Gasteiger partial charge in [0.2, 0.25) is 10.0 Å². The van der Waals surface area contributed by atoms with Crippen molar-refractivity contribution in [3.8, 4) is 0 Å². The molecular weight excluding hydrogens is 379 g/mol. The Morgan fingerprint density at radius 1 is 1.31 bits per heavy atom. The van der Waals surface area contributed by atoms with Gasteiger partial charge in [-0.25, -0.2) is 17.5 Å². The molecule has 0 aliphatic carbocycles. The van der Waals surface area contributed by atoms with Crippen molar-refractivity contribution in [3.05, 3.63) is 40.7 Å². The van der Waals surface area contributed by atoms with Gasteiger partial charge in [0.15, 0.2) is 0 Å². The van der Waals surface area contributed by atoms with E-state index < -0.39 is 15.8 Å². The summed E-state index contributed by atoms with van der Waals surface area (Å²) >= 11 is 1.09. The van der Waals surface area contributed by atoms with E-state index in [0.717, 1.165) is 23.7 Å². The summed E-state index contributed by atoms with van der Waals surface area (Å²) in [5.41, 5.74) is 0.634. The van der Waals surface area contributed by atoms with E-state index in [9.17, 15) is 17.6 Å². The summed E-state index contributed by atoms with van der Waals surface area (Å²) in [5, 5.41) is 3.86. The Labute approximate surface area is 155 Å². The van der Waals surface area contributed by atoms with E-state index in [-0.39, 0.29) is 16.7 Å². The van der Waals surface area contributed by atoms with Gasteiger partial charge < -0.3 is 4.90 Å². The maximum atomic E-state index is 12.9. The van der Waals surface area contributed by atoms with Crippen LogP contribution in [-0.2, 0) is 10.0 Å². The average Bonchev–Trinajstić information content (AvgIpc) is 3.06. The standard InChI is InChI=1S/C16H19FN4O3S2/c1-11-15(25-20-19-11)16(22)21-8-6-12(7-9-21)10-18-26(23,24)14-4-2-13(17)3-5-14/h2-5,12,18H,6-10H2,1H3. The minimum Gasteiger partial charge on any atom is -0.338 e. The lowest BCUT2D eigenvalue weighted by Gasteiger charge is -2.31. The second-order valence-corrected chi connectivity index (χ2v) is 8.75. The second kappa shape index (κ2) is 7.77. The Hall–Kier alpha value is -1.91. The van der Waals surface area contributed by atoms with Crippen molar-refractivity contribution in [1.29, 1.82) is 0 Å². The third-order valence-electron chi connectivity index (χ3n) is 4.43. The summed E-state index contributed by atoms with van der Waals surface area (Å²) in [5.74, 6) is -0.398. The summed E-state index contributed by atoms with van der Waals surface area (Å²) < 4.78 is 43.8. The largest absolute Gasteiger partial charge is 0.338 e. The van der Waals surface area contributed by atoms with Crippen LogP contribution in [-0.4, -0.2) is 48.4 Å². The molecule has 140 valence electrons. The normalized spacial score (nSPS) is 16.0. The van der Waals surface area contributed by atoms with Crippen molar-refractivity contribution in [2.24, 2.45) is 5.92 Å². The summed E-state index contributed by atoms with van der Waals surface area (Å²) in [6.07, 6.45) is 1.42. The van der Waals surface area contributed by atoms with Crippen LogP contribution < -0.4 is 4.72 Å². The highest BCUT2D eigenvalue weighted by Crippen LogP contribution is 2.21. The van der Waals surface area contributed by atoms with Crippen molar-refractivity contribution in [2.75, 3.05) is 19.6 Å². The number of hydrogen-bond acceptors (Lipinski definition) is 6. The second-order valence-electron chi connectivity index (χ2n) is 6.23. The van der Waals surface area contributed by atoms with Gasteiger partial charge >= 0.3 is 0 Å². The van der Waals surface area contributed by atoms with E-state index in [1.54, 1.807) is 11.8 Å². The Bertz CT molecular complexity index is 875. The minimum atomic E-state index is -3.66. The van der Waals surface area contributed by atoms with E-state index in [4.69, 9.17) is 0 Å². The Morgan fingerprint density at radius 2 is 1.96 bits per heavy atom. The van der Waals surface area contributed by atoms with Crippen molar-refractivity contribution in [3.63, 3.8) is 0 Å². The third kappa shape index (κ3) is 4.25. The van der Waals surface area contributed by atoms with Crippen LogP contribution in [0.25, 0.3) is 0 Å². The highest BCUT2D eigenvalue weighted by molar-refractivity contribution is 7.89. The number of nitrogens with zero attached hydrogens (tertiary/aromatic N) is 3. The molecule has 3 rings (SSSR count). The predicted molar refractivity (Wildman–Crippen MR) is 94.9 cm³/mol. The molecule has 0 saturated carbocycles. The molecule has 1 aliphatic heterocycles. The molecule has 2 heterocycles. The molecule has 0 radical (unpaired) electrons. The first-order chi connectivity index (χ1) is 12.4. The van der Waals surface area contributed by atoms with Crippen LogP contribution in [0, 0.1) is 18.7 Å². The molecule has 10 heteroatoms. The molecule has 0 spiro atoms. The lowest BCUT2D eigenvalue weighted by atomic mass is 9.97. The van der Waals surface area contributed by atoms with E-state index in [1.807, 2.05) is 0 Å². The lowest BCUT2D eigenvalue weighted by Crippen LogP contribution is -2.41. The summed E-state index contributed by atoms with van der Waals surface area (Å²) in [7, 11) is -3.66. The van der Waals surface area contributed by atoms with Crippen LogP contribution in [0.15, 0.2) is 29.2 Å². The summed E-state index contributed by atoms with van der Waals surface area (Å²) in [6, 6.07) is 4.72. The number of carbonyl (C=O) groups is 1. The Kier molecular flexibility index (Phi) is 5.64. The molecule has 1 fully saturated rings. The van der Waals surface area contributed by atoms with Crippen LogP contribution in [0.1, 0.15) is 28.2 Å². The number of rotatable bonds is 5. The zero-order chi connectivity index (χ0) is 18.7. The number of sulfonamides is 1. The summed E-state index contributed by atoms with van der Waals surface area (Å²) in [4.78, 5) is 14.8. The van der Waals surface area contributed by atoms with E-state index in [2.05, 4.69) is 14.3 Å². The van der Waals surface area contributed by atoms with Gasteiger partial charge in [-0.15, -0.1) is 5.10 Å². The molecule has 26 heavy (non-hydrogen) atoms. The molecule has 7 nitrogen and oxygen atoms in total. The third-order valence-corrected chi connectivity index (χ3v) is 6.69. The number of aromatic nitrogens is 2. The van der Waals surface area contributed by atoms with Gasteiger partial charge in [-0.3, -0.25) is 4.79 Å². The lowest BCUT2D eigenvalue weighted by molar-refractivity contribution is 0.0696. The molecule has 0 atom stereocenters. The van der Waals surface area contributed by atoms with E-state index >= 15 is 0 Å². The number of amides is 1. The zero-order valence-corrected chi connectivity index (χ0v) is 15.8. The molecule has 1 amide bonds. The van der Waals surface area contributed by atoms with Gasteiger partial charge in [-0.05, 0) is 61.5 Å². The number of likely N-dealkylation sites (tertiary alicyclic amines) is 1. The molecular formula is C16H19FN4O3S2. The number of aryl methyl sites for hydroxylation is 1. The number of hydrogen-bond donors (Lipinski definition) is 1. The van der Waals surface area contributed by atoms with Gasteiger partial charge in [-0.1, -0.05) is 4.49 Å². The molecule has 0 unspecified atom stereocenters. The van der Waals surface area contributed by atoms with Crippen LogP contribution >= 0.6 is 11.5 Å². The van der Waals surface area contributed by atoms with Crippen molar-refractivity contribution in [2.45, 2.75) is 24.7 Å². The van der Waals surface area contributed by atoms with Gasteiger partial charge in [0.25, 0.3) is 5.91 Å². The molecule has 1 aromatic carbocycles. The number of halogens is 1. The number of carbonyl (C=O) groups excluding carboxylic acids is 1. The Balaban J connectivity index is 1.52. The molecule has 1 aromatic heterocycles. The summed E-state index contributed by atoms with van der Waals surface area (Å²) in [6.45, 7) is 3.19. The van der Waals surface area contributed by atoms with Crippen LogP contribution in [0.2, 0.25) is 0 Å². The first kappa shape index (κ1) is 18.9. The fraction of sp³-hybridized carbons (Fsp3) is 0.438. The highest BCUT2D eigenvalue weighted by atomic mass is 32.2. The van der Waals surface area contributed by atoms with Crippen LogP contribution in [0.4, 0.5) is 4.39 Å². The number of benzene rings is 1. The quantitative estimate of drug-likeness (QED) is 0.829. The number of piperidine rings is 1. The van der Waals surface area contributed by atoms with Gasteiger partial charge in [0, 0.05) is 19.6 Å². The van der Waals surface area contributed by atoms with Crippen LogP contribution in [0.3, 0.4) is 0 Å². The smallest absolute Gasteiger partial charge is 0.267 e. The minimum absolute atomic E-state index is 0.0414. The fourth-order valence-electron chi connectivity index (χ4n) is 2.84. The van der Waals surface area contributed by atoms with E-state index in [0.29, 0.717) is 43.0 Å².